The van der Waals surface area contributed by atoms with E-state index in [4.69, 9.17) is 0 Å². The number of aromatic nitrogens is 3. The van der Waals surface area contributed by atoms with Crippen LogP contribution in [0, 0.1) is 5.92 Å². The van der Waals surface area contributed by atoms with Crippen LogP contribution in [0.3, 0.4) is 0 Å². The molecule has 21 heavy (non-hydrogen) atoms. The molecule has 0 spiro atoms. The molecule has 1 aromatic carbocycles. The van der Waals surface area contributed by atoms with Gasteiger partial charge in [0, 0.05) is 11.9 Å². The van der Waals surface area contributed by atoms with Crippen LogP contribution in [0.5, 0.6) is 0 Å². The summed E-state index contributed by atoms with van der Waals surface area (Å²) in [5.74, 6) is 0.512. The zero-order valence-electron chi connectivity index (χ0n) is 12.2. The Morgan fingerprint density at radius 1 is 1.33 bits per heavy atom. The smallest absolute Gasteiger partial charge is 0.252 e. The van der Waals surface area contributed by atoms with Gasteiger partial charge in [-0.05, 0) is 24.5 Å². The quantitative estimate of drug-likeness (QED) is 0.800. The Morgan fingerprint density at radius 3 is 2.95 bits per heavy atom. The summed E-state index contributed by atoms with van der Waals surface area (Å²) in [6.07, 6.45) is 2.63. The molecule has 1 amide bonds. The zero-order chi connectivity index (χ0) is 14.8. The molecular formula is C16H18N4O. The molecule has 3 aromatic rings. The van der Waals surface area contributed by atoms with Gasteiger partial charge in [0.15, 0.2) is 5.65 Å². The van der Waals surface area contributed by atoms with Crippen LogP contribution in [-0.2, 0) is 0 Å². The van der Waals surface area contributed by atoms with Crippen molar-refractivity contribution in [1.82, 2.24) is 19.9 Å². The summed E-state index contributed by atoms with van der Waals surface area (Å²) < 4.78 is 1.89. The Morgan fingerprint density at radius 2 is 2.14 bits per heavy atom. The van der Waals surface area contributed by atoms with E-state index in [-0.39, 0.29) is 5.91 Å². The predicted octanol–water partition coefficient (Wildman–Crippen LogP) is 2.66. The number of para-hydroxylation sites is 1. The predicted molar refractivity (Wildman–Crippen MR) is 82.3 cm³/mol. The van der Waals surface area contributed by atoms with Crippen LogP contribution in [0.4, 0.5) is 0 Å². The fourth-order valence-corrected chi connectivity index (χ4v) is 2.40. The average molecular weight is 282 g/mol. The number of hydrogen-bond acceptors (Lipinski definition) is 3. The highest BCUT2D eigenvalue weighted by atomic mass is 16.1. The summed E-state index contributed by atoms with van der Waals surface area (Å²) in [7, 11) is 0. The van der Waals surface area contributed by atoms with E-state index in [0.29, 0.717) is 23.7 Å². The van der Waals surface area contributed by atoms with Gasteiger partial charge < -0.3 is 5.32 Å². The van der Waals surface area contributed by atoms with Crippen molar-refractivity contribution in [3.63, 3.8) is 0 Å². The molecule has 2 aromatic heterocycles. The minimum Gasteiger partial charge on any atom is -0.352 e. The van der Waals surface area contributed by atoms with E-state index < -0.39 is 0 Å². The van der Waals surface area contributed by atoms with Crippen LogP contribution in [0.15, 0.2) is 36.7 Å². The van der Waals surface area contributed by atoms with Gasteiger partial charge in [-0.1, -0.05) is 32.0 Å². The maximum atomic E-state index is 12.4. The topological polar surface area (TPSA) is 59.3 Å². The molecule has 3 rings (SSSR count). The van der Waals surface area contributed by atoms with Crippen molar-refractivity contribution in [3.8, 4) is 0 Å². The highest BCUT2D eigenvalue weighted by molar-refractivity contribution is 6.07. The lowest BCUT2D eigenvalue weighted by molar-refractivity contribution is 0.0953. The number of nitrogens with one attached hydrogen (secondary N) is 1. The molecule has 0 fully saturated rings. The first kappa shape index (κ1) is 13.5. The molecule has 0 atom stereocenters. The van der Waals surface area contributed by atoms with Gasteiger partial charge in [-0.25, -0.2) is 0 Å². The maximum absolute atomic E-state index is 12.4. The maximum Gasteiger partial charge on any atom is 0.252 e. The number of rotatable bonds is 4. The molecule has 0 saturated heterocycles. The van der Waals surface area contributed by atoms with Crippen LogP contribution in [-0.4, -0.2) is 27.0 Å². The molecule has 0 unspecified atom stereocenters. The minimum absolute atomic E-state index is 0.0580. The van der Waals surface area contributed by atoms with E-state index in [9.17, 15) is 4.79 Å². The average Bonchev–Trinajstić information content (AvgIpc) is 2.94. The molecule has 0 bridgehead atoms. The standard InChI is InChI=1S/C16H18N4O/c1-11(2)7-8-17-16(21)13-9-15-19-18-10-20(15)14-6-4-3-5-12(13)14/h3-6,9-11H,7-8H2,1-2H3,(H,17,21). The summed E-state index contributed by atoms with van der Waals surface area (Å²) in [6.45, 7) is 4.97. The third-order valence-electron chi connectivity index (χ3n) is 3.55. The Hall–Kier alpha value is -2.43. The van der Waals surface area contributed by atoms with E-state index in [1.165, 1.54) is 0 Å². The van der Waals surface area contributed by atoms with Gasteiger partial charge in [-0.15, -0.1) is 10.2 Å². The van der Waals surface area contributed by atoms with Crippen molar-refractivity contribution in [2.45, 2.75) is 20.3 Å². The number of carbonyl (C=O) groups excluding carboxylic acids is 1. The number of nitrogens with zero attached hydrogens (tertiary/aromatic N) is 3. The summed E-state index contributed by atoms with van der Waals surface area (Å²) in [5, 5.41) is 11.9. The zero-order valence-corrected chi connectivity index (χ0v) is 12.2. The Balaban J connectivity index is 2.01. The van der Waals surface area contributed by atoms with Crippen molar-refractivity contribution in [2.24, 2.45) is 5.92 Å². The van der Waals surface area contributed by atoms with E-state index in [1.54, 1.807) is 12.4 Å². The van der Waals surface area contributed by atoms with Crippen molar-refractivity contribution < 1.29 is 4.79 Å². The third kappa shape index (κ3) is 2.59. The molecule has 0 radical (unpaired) electrons. The van der Waals surface area contributed by atoms with Crippen molar-refractivity contribution in [2.75, 3.05) is 6.54 Å². The number of fused-ring (bicyclic) bond motifs is 3. The number of pyridine rings is 1. The second-order valence-corrected chi connectivity index (χ2v) is 5.57. The number of amides is 1. The highest BCUT2D eigenvalue weighted by Gasteiger charge is 2.13. The van der Waals surface area contributed by atoms with Crippen LogP contribution >= 0.6 is 0 Å². The van der Waals surface area contributed by atoms with E-state index in [1.807, 2.05) is 28.7 Å². The second-order valence-electron chi connectivity index (χ2n) is 5.57. The Bertz CT molecular complexity index is 791. The number of carbonyl (C=O) groups is 1. The van der Waals surface area contributed by atoms with Crippen molar-refractivity contribution in [3.05, 3.63) is 42.2 Å². The largest absolute Gasteiger partial charge is 0.352 e. The summed E-state index contributed by atoms with van der Waals surface area (Å²) in [6, 6.07) is 9.59. The lowest BCUT2D eigenvalue weighted by Crippen LogP contribution is -2.25. The molecule has 5 heteroatoms. The van der Waals surface area contributed by atoms with E-state index in [2.05, 4.69) is 29.4 Å². The molecule has 0 aliphatic carbocycles. The van der Waals surface area contributed by atoms with Crippen molar-refractivity contribution in [1.29, 1.82) is 0 Å². The fraction of sp³-hybridized carbons (Fsp3) is 0.312. The Kier molecular flexibility index (Phi) is 3.56. The van der Waals surface area contributed by atoms with Gasteiger partial charge in [0.2, 0.25) is 0 Å². The van der Waals surface area contributed by atoms with Crippen molar-refractivity contribution >= 4 is 22.5 Å². The first-order valence-electron chi connectivity index (χ1n) is 7.16. The molecular weight excluding hydrogens is 264 g/mol. The Labute approximate surface area is 123 Å². The van der Waals surface area contributed by atoms with Gasteiger partial charge in [0.05, 0.1) is 11.1 Å². The van der Waals surface area contributed by atoms with Gasteiger partial charge in [-0.3, -0.25) is 9.20 Å². The van der Waals surface area contributed by atoms with Gasteiger partial charge in [-0.2, -0.15) is 0 Å². The van der Waals surface area contributed by atoms with Crippen LogP contribution < -0.4 is 5.32 Å². The molecule has 0 aliphatic rings. The number of benzene rings is 1. The summed E-state index contributed by atoms with van der Waals surface area (Å²) in [5.41, 5.74) is 2.27. The highest BCUT2D eigenvalue weighted by Crippen LogP contribution is 2.20. The lowest BCUT2D eigenvalue weighted by Gasteiger charge is -2.10. The summed E-state index contributed by atoms with van der Waals surface area (Å²) >= 11 is 0. The van der Waals surface area contributed by atoms with Gasteiger partial charge in [0.25, 0.3) is 5.91 Å². The first-order chi connectivity index (χ1) is 10.2. The lowest BCUT2D eigenvalue weighted by atomic mass is 10.1. The molecule has 0 aliphatic heterocycles. The van der Waals surface area contributed by atoms with E-state index in [0.717, 1.165) is 17.3 Å². The van der Waals surface area contributed by atoms with Gasteiger partial charge >= 0.3 is 0 Å². The minimum atomic E-state index is -0.0580. The van der Waals surface area contributed by atoms with Crippen LogP contribution in [0.1, 0.15) is 30.6 Å². The molecule has 108 valence electrons. The summed E-state index contributed by atoms with van der Waals surface area (Å²) in [4.78, 5) is 12.4. The molecule has 0 saturated carbocycles. The fourth-order valence-electron chi connectivity index (χ4n) is 2.40. The molecule has 2 heterocycles. The normalized spacial score (nSPS) is 11.4. The van der Waals surface area contributed by atoms with E-state index >= 15 is 0 Å². The number of hydrogen-bond donors (Lipinski definition) is 1. The molecule has 1 N–H and O–H groups in total. The van der Waals surface area contributed by atoms with Gasteiger partial charge in [0.1, 0.15) is 6.33 Å². The van der Waals surface area contributed by atoms with Crippen LogP contribution in [0.25, 0.3) is 16.6 Å². The monoisotopic (exact) mass is 282 g/mol. The van der Waals surface area contributed by atoms with Crippen LogP contribution in [0.2, 0.25) is 0 Å². The second kappa shape index (κ2) is 5.52. The third-order valence-corrected chi connectivity index (χ3v) is 3.55. The first-order valence-corrected chi connectivity index (χ1v) is 7.16. The SMILES string of the molecule is CC(C)CCNC(=O)c1cc2nncn2c2ccccc12. The molecule has 5 nitrogen and oxygen atoms in total.